The molecule has 1 aromatic carbocycles. The summed E-state index contributed by atoms with van der Waals surface area (Å²) in [5.74, 6) is 0. The number of morpholine rings is 1. The van der Waals surface area contributed by atoms with E-state index < -0.39 is 18.3 Å². The molecular formula is C15H18F3NO2. The largest absolute Gasteiger partial charge is 0.418 e. The fourth-order valence-corrected chi connectivity index (χ4v) is 3.38. The highest BCUT2D eigenvalue weighted by Gasteiger charge is 2.41. The third-order valence-corrected chi connectivity index (χ3v) is 4.34. The number of aliphatic hydroxyl groups is 1. The molecule has 2 fully saturated rings. The number of nitrogens with zero attached hydrogens (tertiary/aromatic N) is 1. The lowest BCUT2D eigenvalue weighted by Crippen LogP contribution is -2.49. The van der Waals surface area contributed by atoms with Crippen molar-refractivity contribution >= 4 is 5.69 Å². The molecule has 1 aliphatic heterocycles. The minimum absolute atomic E-state index is 0.0276. The first kappa shape index (κ1) is 14.7. The van der Waals surface area contributed by atoms with Crippen LogP contribution in [-0.4, -0.2) is 30.4 Å². The normalized spacial score (nSPS) is 26.0. The van der Waals surface area contributed by atoms with Crippen LogP contribution in [0.4, 0.5) is 18.9 Å². The number of rotatable bonds is 2. The number of halogens is 3. The predicted molar refractivity (Wildman–Crippen MR) is 72.1 cm³/mol. The van der Waals surface area contributed by atoms with Gasteiger partial charge in [0, 0.05) is 12.2 Å². The van der Waals surface area contributed by atoms with Crippen molar-refractivity contribution in [2.24, 2.45) is 0 Å². The van der Waals surface area contributed by atoms with Gasteiger partial charge in [-0.25, -0.2) is 0 Å². The number of aliphatic hydroxyl groups excluding tert-OH is 1. The van der Waals surface area contributed by atoms with Gasteiger partial charge in [0.25, 0.3) is 0 Å². The summed E-state index contributed by atoms with van der Waals surface area (Å²) in [4.78, 5) is 1.84. The Morgan fingerprint density at radius 2 is 2.10 bits per heavy atom. The standard InChI is InChI=1S/C15H18F3NO2/c16-15(17,18)11-8-10(9-20)4-5-12(11)19-6-7-21-14-3-1-2-13(14)19/h4-5,8,13-14,20H,1-3,6-7,9H2. The van der Waals surface area contributed by atoms with Gasteiger partial charge in [0.2, 0.25) is 0 Å². The smallest absolute Gasteiger partial charge is 0.392 e. The number of fused-ring (bicyclic) bond motifs is 1. The molecule has 1 saturated heterocycles. The average Bonchev–Trinajstić information content (AvgIpc) is 2.94. The fourth-order valence-electron chi connectivity index (χ4n) is 3.38. The van der Waals surface area contributed by atoms with Gasteiger partial charge in [0.05, 0.1) is 30.9 Å². The number of hydrogen-bond acceptors (Lipinski definition) is 3. The Morgan fingerprint density at radius 3 is 2.81 bits per heavy atom. The molecule has 1 heterocycles. The lowest BCUT2D eigenvalue weighted by atomic mass is 10.0. The Kier molecular flexibility index (Phi) is 3.84. The second-order valence-corrected chi connectivity index (χ2v) is 5.61. The Labute approximate surface area is 121 Å². The Bertz CT molecular complexity index is 518. The second-order valence-electron chi connectivity index (χ2n) is 5.61. The summed E-state index contributed by atoms with van der Waals surface area (Å²) in [6.45, 7) is 0.543. The SMILES string of the molecule is OCc1ccc(N2CCOC3CCCC32)c(C(F)(F)F)c1. The second kappa shape index (κ2) is 5.50. The molecule has 1 N–H and O–H groups in total. The Morgan fingerprint density at radius 1 is 1.29 bits per heavy atom. The van der Waals surface area contributed by atoms with Gasteiger partial charge in [-0.05, 0) is 37.0 Å². The van der Waals surface area contributed by atoms with Crippen LogP contribution in [-0.2, 0) is 17.5 Å². The molecule has 3 nitrogen and oxygen atoms in total. The van der Waals surface area contributed by atoms with E-state index in [0.717, 1.165) is 25.3 Å². The van der Waals surface area contributed by atoms with Crippen LogP contribution < -0.4 is 4.90 Å². The van der Waals surface area contributed by atoms with Crippen molar-refractivity contribution in [1.82, 2.24) is 0 Å². The van der Waals surface area contributed by atoms with E-state index in [9.17, 15) is 13.2 Å². The monoisotopic (exact) mass is 301 g/mol. The van der Waals surface area contributed by atoms with Crippen LogP contribution in [0.15, 0.2) is 18.2 Å². The number of hydrogen-bond donors (Lipinski definition) is 1. The maximum Gasteiger partial charge on any atom is 0.418 e. The molecule has 1 saturated carbocycles. The maximum atomic E-state index is 13.3. The van der Waals surface area contributed by atoms with Crippen molar-refractivity contribution in [1.29, 1.82) is 0 Å². The number of alkyl halides is 3. The van der Waals surface area contributed by atoms with Gasteiger partial charge in [-0.2, -0.15) is 13.2 Å². The molecule has 6 heteroatoms. The van der Waals surface area contributed by atoms with Crippen LogP contribution >= 0.6 is 0 Å². The average molecular weight is 301 g/mol. The summed E-state index contributed by atoms with van der Waals surface area (Å²) in [5, 5.41) is 9.08. The lowest BCUT2D eigenvalue weighted by Gasteiger charge is -2.40. The van der Waals surface area contributed by atoms with Crippen molar-refractivity contribution in [2.45, 2.75) is 44.2 Å². The third-order valence-electron chi connectivity index (χ3n) is 4.34. The summed E-state index contributed by atoms with van der Waals surface area (Å²) in [6, 6.07) is 4.12. The van der Waals surface area contributed by atoms with Crippen LogP contribution in [0.25, 0.3) is 0 Å². The first-order valence-electron chi connectivity index (χ1n) is 7.20. The minimum Gasteiger partial charge on any atom is -0.392 e. The van der Waals surface area contributed by atoms with Gasteiger partial charge in [0.1, 0.15) is 0 Å². The van der Waals surface area contributed by atoms with E-state index in [1.165, 1.54) is 6.07 Å². The van der Waals surface area contributed by atoms with Gasteiger partial charge in [0.15, 0.2) is 0 Å². The molecule has 21 heavy (non-hydrogen) atoms. The van der Waals surface area contributed by atoms with E-state index in [-0.39, 0.29) is 23.4 Å². The quantitative estimate of drug-likeness (QED) is 0.911. The van der Waals surface area contributed by atoms with Crippen molar-refractivity contribution in [3.63, 3.8) is 0 Å². The third kappa shape index (κ3) is 2.74. The summed E-state index contributed by atoms with van der Waals surface area (Å²) in [6.07, 6.45) is -1.62. The molecule has 116 valence electrons. The van der Waals surface area contributed by atoms with E-state index in [0.29, 0.717) is 13.2 Å². The Balaban J connectivity index is 2.00. The van der Waals surface area contributed by atoms with E-state index >= 15 is 0 Å². The maximum absolute atomic E-state index is 13.3. The van der Waals surface area contributed by atoms with Crippen LogP contribution in [0.1, 0.15) is 30.4 Å². The van der Waals surface area contributed by atoms with E-state index in [4.69, 9.17) is 9.84 Å². The molecule has 0 spiro atoms. The van der Waals surface area contributed by atoms with E-state index in [1.807, 2.05) is 4.90 Å². The highest BCUT2D eigenvalue weighted by atomic mass is 19.4. The first-order valence-corrected chi connectivity index (χ1v) is 7.20. The van der Waals surface area contributed by atoms with Gasteiger partial charge in [-0.15, -0.1) is 0 Å². The van der Waals surface area contributed by atoms with Gasteiger partial charge >= 0.3 is 6.18 Å². The van der Waals surface area contributed by atoms with Crippen molar-refractivity contribution in [3.8, 4) is 0 Å². The number of anilines is 1. The molecule has 2 unspecified atom stereocenters. The minimum atomic E-state index is -4.42. The van der Waals surface area contributed by atoms with Crippen LogP contribution in [0.5, 0.6) is 0 Å². The van der Waals surface area contributed by atoms with Gasteiger partial charge in [-0.1, -0.05) is 6.07 Å². The molecule has 0 amide bonds. The molecule has 1 aliphatic carbocycles. The zero-order valence-corrected chi connectivity index (χ0v) is 11.6. The van der Waals surface area contributed by atoms with Crippen molar-refractivity contribution < 1.29 is 23.0 Å². The topological polar surface area (TPSA) is 32.7 Å². The van der Waals surface area contributed by atoms with Crippen LogP contribution in [0, 0.1) is 0 Å². The van der Waals surface area contributed by atoms with E-state index in [1.54, 1.807) is 6.07 Å². The molecule has 2 atom stereocenters. The molecule has 0 bridgehead atoms. The summed E-state index contributed by atoms with van der Waals surface area (Å²) >= 11 is 0. The highest BCUT2D eigenvalue weighted by molar-refractivity contribution is 5.58. The molecule has 0 aromatic heterocycles. The van der Waals surface area contributed by atoms with E-state index in [2.05, 4.69) is 0 Å². The summed E-state index contributed by atoms with van der Waals surface area (Å²) in [5.41, 5.74) is -0.177. The zero-order chi connectivity index (χ0) is 15.0. The zero-order valence-electron chi connectivity index (χ0n) is 11.6. The first-order chi connectivity index (χ1) is 10.0. The van der Waals surface area contributed by atoms with Gasteiger partial charge < -0.3 is 14.7 Å². The van der Waals surface area contributed by atoms with Gasteiger partial charge in [-0.3, -0.25) is 0 Å². The lowest BCUT2D eigenvalue weighted by molar-refractivity contribution is -0.137. The molecule has 2 aliphatic rings. The number of benzene rings is 1. The molecule has 1 aromatic rings. The number of ether oxygens (including phenoxy) is 1. The Hall–Kier alpha value is -1.27. The highest BCUT2D eigenvalue weighted by Crippen LogP contribution is 2.41. The van der Waals surface area contributed by atoms with Crippen molar-refractivity contribution in [2.75, 3.05) is 18.1 Å². The molecule has 3 rings (SSSR count). The fraction of sp³-hybridized carbons (Fsp3) is 0.600. The summed E-state index contributed by atoms with van der Waals surface area (Å²) < 4.78 is 45.6. The molecular weight excluding hydrogens is 283 g/mol. The van der Waals surface area contributed by atoms with Crippen molar-refractivity contribution in [3.05, 3.63) is 29.3 Å². The summed E-state index contributed by atoms with van der Waals surface area (Å²) in [7, 11) is 0. The molecule has 0 radical (unpaired) electrons. The van der Waals surface area contributed by atoms with Crippen LogP contribution in [0.2, 0.25) is 0 Å². The predicted octanol–water partition coefficient (Wildman–Crippen LogP) is 2.96. The van der Waals surface area contributed by atoms with Crippen LogP contribution in [0.3, 0.4) is 0 Å².